The van der Waals surface area contributed by atoms with Crippen molar-refractivity contribution in [3.8, 4) is 0 Å². The highest BCUT2D eigenvalue weighted by atomic mass is 79.9. The SMILES string of the molecule is CC(C)(C)[Si](C)(C)O[C@@H]1C=C(Br)C(=O)[C@@H]2O[C@H]12. The van der Waals surface area contributed by atoms with Crippen LogP contribution in [0.15, 0.2) is 10.6 Å². The Hall–Kier alpha value is 0.0269. The van der Waals surface area contributed by atoms with Crippen molar-refractivity contribution in [1.82, 2.24) is 0 Å². The van der Waals surface area contributed by atoms with Crippen LogP contribution in [0, 0.1) is 0 Å². The lowest BCUT2D eigenvalue weighted by atomic mass is 10.0. The molecule has 17 heavy (non-hydrogen) atoms. The molecule has 1 aliphatic heterocycles. The average Bonchev–Trinajstić information content (AvgIpc) is 2.91. The number of fused-ring (bicyclic) bond motifs is 1. The van der Waals surface area contributed by atoms with E-state index in [0.29, 0.717) is 4.48 Å². The van der Waals surface area contributed by atoms with Gasteiger partial charge in [-0.15, -0.1) is 0 Å². The van der Waals surface area contributed by atoms with E-state index in [0.717, 1.165) is 0 Å². The first-order valence-electron chi connectivity index (χ1n) is 5.88. The highest BCUT2D eigenvalue weighted by Crippen LogP contribution is 2.43. The Labute approximate surface area is 112 Å². The summed E-state index contributed by atoms with van der Waals surface area (Å²) in [6.07, 6.45) is 1.45. The molecular formula is C12H19BrO3Si. The van der Waals surface area contributed by atoms with Gasteiger partial charge in [0.1, 0.15) is 6.10 Å². The number of hydrogen-bond acceptors (Lipinski definition) is 3. The molecule has 1 fully saturated rings. The summed E-state index contributed by atoms with van der Waals surface area (Å²) in [4.78, 5) is 11.6. The van der Waals surface area contributed by atoms with Gasteiger partial charge in [0.25, 0.3) is 0 Å². The van der Waals surface area contributed by atoms with Crippen molar-refractivity contribution in [3.05, 3.63) is 10.6 Å². The van der Waals surface area contributed by atoms with E-state index in [1.807, 2.05) is 6.08 Å². The zero-order valence-corrected chi connectivity index (χ0v) is 13.5. The molecule has 96 valence electrons. The van der Waals surface area contributed by atoms with Gasteiger partial charge in [-0.25, -0.2) is 0 Å². The van der Waals surface area contributed by atoms with Crippen LogP contribution in [0.3, 0.4) is 0 Å². The molecule has 1 saturated heterocycles. The van der Waals surface area contributed by atoms with Crippen LogP contribution in [0.25, 0.3) is 0 Å². The van der Waals surface area contributed by atoms with Crippen molar-refractivity contribution >= 4 is 30.0 Å². The van der Waals surface area contributed by atoms with Gasteiger partial charge in [0.05, 0.1) is 10.6 Å². The molecule has 2 rings (SSSR count). The minimum atomic E-state index is -1.82. The standard InChI is InChI=1S/C12H19BrO3Si/c1-12(2,3)17(4,5)16-8-6-7(13)9(14)11-10(8)15-11/h6,8,10-11H,1-5H3/t8-,10-,11+/m1/s1. The summed E-state index contributed by atoms with van der Waals surface area (Å²) in [7, 11) is -1.82. The molecule has 1 aliphatic carbocycles. The normalized spacial score (nSPS) is 33.2. The number of Topliss-reactive ketones (excluding diaryl/α,β-unsaturated/α-hetero) is 1. The molecule has 1 heterocycles. The number of epoxide rings is 1. The summed E-state index contributed by atoms with van der Waals surface area (Å²) < 4.78 is 12.3. The van der Waals surface area contributed by atoms with Crippen molar-refractivity contribution in [1.29, 1.82) is 0 Å². The van der Waals surface area contributed by atoms with Crippen molar-refractivity contribution in [2.24, 2.45) is 0 Å². The molecular weight excluding hydrogens is 300 g/mol. The van der Waals surface area contributed by atoms with Crippen molar-refractivity contribution in [2.75, 3.05) is 0 Å². The Morgan fingerprint density at radius 1 is 1.41 bits per heavy atom. The third-order valence-electron chi connectivity index (χ3n) is 3.89. The lowest BCUT2D eigenvalue weighted by Crippen LogP contribution is -2.46. The predicted octanol–water partition coefficient (Wildman–Crippen LogP) is 3.01. The number of carbonyl (C=O) groups is 1. The van der Waals surface area contributed by atoms with Gasteiger partial charge in [-0.3, -0.25) is 4.79 Å². The van der Waals surface area contributed by atoms with E-state index in [1.165, 1.54) is 0 Å². The molecule has 0 bridgehead atoms. The zero-order valence-electron chi connectivity index (χ0n) is 10.9. The number of ether oxygens (including phenoxy) is 1. The number of rotatable bonds is 2. The predicted molar refractivity (Wildman–Crippen MR) is 72.7 cm³/mol. The molecule has 0 aromatic rings. The van der Waals surface area contributed by atoms with E-state index < -0.39 is 8.32 Å². The van der Waals surface area contributed by atoms with Gasteiger partial charge in [0, 0.05) is 0 Å². The van der Waals surface area contributed by atoms with Crippen molar-refractivity contribution in [2.45, 2.75) is 57.2 Å². The molecule has 0 radical (unpaired) electrons. The number of hydrogen-bond donors (Lipinski definition) is 0. The van der Waals surface area contributed by atoms with Crippen LogP contribution in [0.4, 0.5) is 0 Å². The van der Waals surface area contributed by atoms with E-state index in [-0.39, 0.29) is 29.1 Å². The highest BCUT2D eigenvalue weighted by molar-refractivity contribution is 9.12. The van der Waals surface area contributed by atoms with E-state index in [4.69, 9.17) is 9.16 Å². The number of ketones is 1. The Bertz CT molecular complexity index is 384. The van der Waals surface area contributed by atoms with Crippen LogP contribution in [-0.4, -0.2) is 32.4 Å². The molecule has 0 amide bonds. The summed E-state index contributed by atoms with van der Waals surface area (Å²) in [6, 6.07) is 0. The first-order chi connectivity index (χ1) is 7.63. The largest absolute Gasteiger partial charge is 0.408 e. The van der Waals surface area contributed by atoms with Gasteiger partial charge in [-0.1, -0.05) is 20.8 Å². The minimum absolute atomic E-state index is 0.0464. The smallest absolute Gasteiger partial charge is 0.201 e. The Morgan fingerprint density at radius 3 is 2.53 bits per heavy atom. The maximum Gasteiger partial charge on any atom is 0.201 e. The Kier molecular flexibility index (Phi) is 3.18. The van der Waals surface area contributed by atoms with Gasteiger partial charge in [0.15, 0.2) is 14.4 Å². The molecule has 2 aliphatic rings. The van der Waals surface area contributed by atoms with Gasteiger partial charge >= 0.3 is 0 Å². The van der Waals surface area contributed by atoms with Crippen molar-refractivity contribution < 1.29 is 14.0 Å². The Balaban J connectivity index is 2.13. The van der Waals surface area contributed by atoms with Crippen LogP contribution in [0.2, 0.25) is 18.1 Å². The summed E-state index contributed by atoms with van der Waals surface area (Å²) in [6.45, 7) is 11.0. The van der Waals surface area contributed by atoms with Crippen LogP contribution in [0.5, 0.6) is 0 Å². The highest BCUT2D eigenvalue weighted by Gasteiger charge is 2.55. The molecule has 5 heteroatoms. The maximum atomic E-state index is 11.6. The molecule has 0 aromatic heterocycles. The molecule has 0 aromatic carbocycles. The topological polar surface area (TPSA) is 38.8 Å². The maximum absolute atomic E-state index is 11.6. The number of carbonyl (C=O) groups excluding carboxylic acids is 1. The second-order valence-corrected chi connectivity index (χ2v) is 11.9. The summed E-state index contributed by atoms with van der Waals surface area (Å²) in [5.74, 6) is 0.0464. The number of halogens is 1. The Morgan fingerprint density at radius 2 is 2.00 bits per heavy atom. The third-order valence-corrected chi connectivity index (χ3v) is 9.02. The quantitative estimate of drug-likeness (QED) is 0.580. The second-order valence-electron chi connectivity index (χ2n) is 6.24. The average molecular weight is 319 g/mol. The van der Waals surface area contributed by atoms with E-state index in [1.54, 1.807) is 0 Å². The molecule has 0 saturated carbocycles. The van der Waals surface area contributed by atoms with E-state index in [2.05, 4.69) is 49.8 Å². The molecule has 3 nitrogen and oxygen atoms in total. The second kappa shape index (κ2) is 4.01. The summed E-state index contributed by atoms with van der Waals surface area (Å²) in [5, 5.41) is 0.166. The minimum Gasteiger partial charge on any atom is -0.408 e. The van der Waals surface area contributed by atoms with Gasteiger partial charge in [-0.2, -0.15) is 0 Å². The van der Waals surface area contributed by atoms with Crippen LogP contribution in [-0.2, 0) is 14.0 Å². The van der Waals surface area contributed by atoms with Crippen LogP contribution in [0.1, 0.15) is 20.8 Å². The first kappa shape index (κ1) is 13.5. The fourth-order valence-corrected chi connectivity index (χ4v) is 3.38. The summed E-state index contributed by atoms with van der Waals surface area (Å²) in [5.41, 5.74) is 0. The van der Waals surface area contributed by atoms with E-state index in [9.17, 15) is 4.79 Å². The first-order valence-corrected chi connectivity index (χ1v) is 9.58. The van der Waals surface area contributed by atoms with Crippen molar-refractivity contribution in [3.63, 3.8) is 0 Å². The van der Waals surface area contributed by atoms with Gasteiger partial charge in [-0.05, 0) is 40.1 Å². The monoisotopic (exact) mass is 318 g/mol. The fraction of sp³-hybridized carbons (Fsp3) is 0.750. The molecule has 3 atom stereocenters. The van der Waals surface area contributed by atoms with Crippen LogP contribution < -0.4 is 0 Å². The lowest BCUT2D eigenvalue weighted by Gasteiger charge is -2.38. The molecule has 0 spiro atoms. The lowest BCUT2D eigenvalue weighted by molar-refractivity contribution is -0.116. The van der Waals surface area contributed by atoms with Gasteiger partial charge in [0.2, 0.25) is 5.78 Å². The van der Waals surface area contributed by atoms with Gasteiger partial charge < -0.3 is 9.16 Å². The molecule has 0 unspecified atom stereocenters. The third kappa shape index (κ3) is 2.43. The molecule has 0 N–H and O–H groups in total. The van der Waals surface area contributed by atoms with Crippen LogP contribution >= 0.6 is 15.9 Å². The summed E-state index contributed by atoms with van der Waals surface area (Å²) >= 11 is 3.29. The zero-order chi connectivity index (χ0) is 13.0. The van der Waals surface area contributed by atoms with E-state index >= 15 is 0 Å². The fourth-order valence-electron chi connectivity index (χ4n) is 1.66.